The first-order valence-corrected chi connectivity index (χ1v) is 9.49. The number of ether oxygens (including phenoxy) is 2. The van der Waals surface area contributed by atoms with Crippen LogP contribution in [0.4, 0.5) is 4.39 Å². The van der Waals surface area contributed by atoms with Crippen molar-refractivity contribution in [2.45, 2.75) is 13.5 Å². The zero-order valence-corrected chi connectivity index (χ0v) is 16.6. The van der Waals surface area contributed by atoms with Gasteiger partial charge < -0.3 is 9.47 Å². The summed E-state index contributed by atoms with van der Waals surface area (Å²) in [7, 11) is 0. The number of allylic oxidation sites excluding steroid dienone is 1. The van der Waals surface area contributed by atoms with Gasteiger partial charge in [0.25, 0.3) is 0 Å². The summed E-state index contributed by atoms with van der Waals surface area (Å²) < 4.78 is 25.3. The molecule has 0 spiro atoms. The largest absolute Gasteiger partial charge is 0.490 e. The highest BCUT2D eigenvalue weighted by Gasteiger charge is 2.09. The van der Waals surface area contributed by atoms with Gasteiger partial charge in [-0.3, -0.25) is 0 Å². The molecule has 0 fully saturated rings. The number of rotatable bonds is 7. The molecule has 0 amide bonds. The van der Waals surface area contributed by atoms with Crippen LogP contribution in [0.5, 0.6) is 11.5 Å². The van der Waals surface area contributed by atoms with Crippen molar-refractivity contribution in [1.29, 1.82) is 5.26 Å². The van der Waals surface area contributed by atoms with E-state index < -0.39 is 0 Å². The maximum Gasteiger partial charge on any atom is 0.161 e. The molecule has 5 heteroatoms. The van der Waals surface area contributed by atoms with Gasteiger partial charge in [0.15, 0.2) is 11.5 Å². The average Bonchev–Trinajstić information content (AvgIpc) is 2.73. The van der Waals surface area contributed by atoms with E-state index in [9.17, 15) is 9.65 Å². The van der Waals surface area contributed by atoms with Crippen molar-refractivity contribution >= 4 is 23.3 Å². The molecule has 0 atom stereocenters. The molecule has 0 saturated carbocycles. The molecule has 3 nitrogen and oxygen atoms in total. The van der Waals surface area contributed by atoms with Crippen molar-refractivity contribution in [1.82, 2.24) is 0 Å². The molecule has 0 heterocycles. The lowest BCUT2D eigenvalue weighted by atomic mass is 10.0. The van der Waals surface area contributed by atoms with Crippen molar-refractivity contribution in [2.24, 2.45) is 0 Å². The van der Waals surface area contributed by atoms with Crippen LogP contribution in [0, 0.1) is 17.1 Å². The highest BCUT2D eigenvalue weighted by atomic mass is 35.5. The van der Waals surface area contributed by atoms with Gasteiger partial charge in [0.2, 0.25) is 0 Å². The fourth-order valence-corrected chi connectivity index (χ4v) is 2.88. The molecule has 146 valence electrons. The van der Waals surface area contributed by atoms with Crippen molar-refractivity contribution < 1.29 is 13.9 Å². The summed E-state index contributed by atoms with van der Waals surface area (Å²) in [5.74, 6) is 0.731. The standard InChI is InChI=1S/C24H19ClFNO2/c1-2-28-24-14-17(13-20(15-27)18-8-10-21(25)11-9-18)7-12-23(24)29-16-19-5-3-4-6-22(19)26/h3-14H,2,16H2,1H3/b20-13+. The molecule has 0 aromatic heterocycles. The topological polar surface area (TPSA) is 42.2 Å². The van der Waals surface area contributed by atoms with E-state index in [1.165, 1.54) is 6.07 Å². The van der Waals surface area contributed by atoms with E-state index in [0.29, 0.717) is 34.3 Å². The molecule has 0 N–H and O–H groups in total. The number of hydrogen-bond acceptors (Lipinski definition) is 3. The van der Waals surface area contributed by atoms with Gasteiger partial charge in [-0.15, -0.1) is 0 Å². The average molecular weight is 408 g/mol. The normalized spacial score (nSPS) is 11.0. The number of benzene rings is 3. The van der Waals surface area contributed by atoms with Gasteiger partial charge in [0.1, 0.15) is 12.4 Å². The van der Waals surface area contributed by atoms with Crippen molar-refractivity contribution in [2.75, 3.05) is 6.61 Å². The van der Waals surface area contributed by atoms with Crippen molar-refractivity contribution in [3.63, 3.8) is 0 Å². The Morgan fingerprint density at radius 3 is 2.48 bits per heavy atom. The summed E-state index contributed by atoms with van der Waals surface area (Å²) in [5, 5.41) is 10.1. The molecule has 3 aromatic rings. The minimum absolute atomic E-state index is 0.0934. The molecule has 3 rings (SSSR count). The van der Waals surface area contributed by atoms with E-state index in [2.05, 4.69) is 6.07 Å². The Morgan fingerprint density at radius 1 is 1.03 bits per heavy atom. The summed E-state index contributed by atoms with van der Waals surface area (Å²) >= 11 is 5.92. The number of hydrogen-bond donors (Lipinski definition) is 0. The molecule has 0 bridgehead atoms. The smallest absolute Gasteiger partial charge is 0.161 e. The van der Waals surface area contributed by atoms with Crippen molar-refractivity contribution in [3.8, 4) is 17.6 Å². The van der Waals surface area contributed by atoms with E-state index in [1.54, 1.807) is 60.7 Å². The molecule has 0 aliphatic carbocycles. The predicted molar refractivity (Wildman–Crippen MR) is 113 cm³/mol. The number of halogens is 2. The lowest BCUT2D eigenvalue weighted by molar-refractivity contribution is 0.266. The van der Waals surface area contributed by atoms with E-state index in [-0.39, 0.29) is 12.4 Å². The van der Waals surface area contributed by atoms with Crippen LogP contribution in [0.2, 0.25) is 5.02 Å². The maximum atomic E-state index is 13.8. The van der Waals surface area contributed by atoms with E-state index in [4.69, 9.17) is 21.1 Å². The van der Waals surface area contributed by atoms with Crippen LogP contribution < -0.4 is 9.47 Å². The van der Waals surface area contributed by atoms with Crippen molar-refractivity contribution in [3.05, 3.63) is 94.3 Å². The lowest BCUT2D eigenvalue weighted by Crippen LogP contribution is -2.01. The van der Waals surface area contributed by atoms with Crippen LogP contribution >= 0.6 is 11.6 Å². The van der Waals surface area contributed by atoms with E-state index in [0.717, 1.165) is 11.1 Å². The SMILES string of the molecule is CCOc1cc(/C=C(\C#N)c2ccc(Cl)cc2)ccc1OCc1ccccc1F. The first-order chi connectivity index (χ1) is 14.1. The monoisotopic (exact) mass is 407 g/mol. The van der Waals surface area contributed by atoms with Gasteiger partial charge in [-0.05, 0) is 54.5 Å². The van der Waals surface area contributed by atoms with Crippen LogP contribution in [0.25, 0.3) is 11.6 Å². The summed E-state index contributed by atoms with van der Waals surface area (Å²) in [6.45, 7) is 2.42. The third kappa shape index (κ3) is 5.37. The van der Waals surface area contributed by atoms with Gasteiger partial charge in [-0.2, -0.15) is 5.26 Å². The Labute approximate surface area is 174 Å². The van der Waals surface area contributed by atoms with Crippen LogP contribution in [0.1, 0.15) is 23.6 Å². The third-order valence-corrected chi connectivity index (χ3v) is 4.45. The molecule has 3 aromatic carbocycles. The fraction of sp³-hybridized carbons (Fsp3) is 0.125. The summed E-state index contributed by atoms with van der Waals surface area (Å²) in [6.07, 6.45) is 1.77. The zero-order chi connectivity index (χ0) is 20.6. The Hall–Kier alpha value is -3.29. The quantitative estimate of drug-likeness (QED) is 0.330. The van der Waals surface area contributed by atoms with Crippen LogP contribution in [-0.2, 0) is 6.61 Å². The Balaban J connectivity index is 1.86. The lowest BCUT2D eigenvalue weighted by Gasteiger charge is -2.13. The second-order valence-electron chi connectivity index (χ2n) is 6.20. The maximum absolute atomic E-state index is 13.8. The van der Waals surface area contributed by atoms with Gasteiger partial charge in [0.05, 0.1) is 18.2 Å². The molecule has 0 aliphatic rings. The Morgan fingerprint density at radius 2 is 1.79 bits per heavy atom. The van der Waals surface area contributed by atoms with Crippen LogP contribution in [-0.4, -0.2) is 6.61 Å². The molecule has 0 aliphatic heterocycles. The second-order valence-corrected chi connectivity index (χ2v) is 6.63. The van der Waals surface area contributed by atoms with Gasteiger partial charge in [-0.25, -0.2) is 4.39 Å². The molecule has 0 radical (unpaired) electrons. The molecular formula is C24H19ClFNO2. The second kappa shape index (κ2) is 9.77. The fourth-order valence-electron chi connectivity index (χ4n) is 2.75. The number of nitrogens with zero attached hydrogens (tertiary/aromatic N) is 1. The molecule has 0 unspecified atom stereocenters. The summed E-state index contributed by atoms with van der Waals surface area (Å²) in [5.41, 5.74) is 2.53. The molecular weight excluding hydrogens is 389 g/mol. The van der Waals surface area contributed by atoms with Crippen LogP contribution in [0.3, 0.4) is 0 Å². The highest BCUT2D eigenvalue weighted by molar-refractivity contribution is 6.30. The minimum Gasteiger partial charge on any atom is -0.490 e. The van der Waals surface area contributed by atoms with Crippen LogP contribution in [0.15, 0.2) is 66.7 Å². The summed E-state index contributed by atoms with van der Waals surface area (Å²) in [4.78, 5) is 0. The van der Waals surface area contributed by atoms with Gasteiger partial charge in [-0.1, -0.05) is 48.0 Å². The van der Waals surface area contributed by atoms with Gasteiger partial charge in [0, 0.05) is 10.6 Å². The summed E-state index contributed by atoms with van der Waals surface area (Å²) in [6, 6.07) is 21.2. The highest BCUT2D eigenvalue weighted by Crippen LogP contribution is 2.31. The molecule has 29 heavy (non-hydrogen) atoms. The predicted octanol–water partition coefficient (Wildman–Crippen LogP) is 6.52. The Kier molecular flexibility index (Phi) is 6.89. The minimum atomic E-state index is -0.313. The molecule has 0 saturated heterocycles. The zero-order valence-electron chi connectivity index (χ0n) is 15.9. The van der Waals surface area contributed by atoms with E-state index >= 15 is 0 Å². The Bertz CT molecular complexity index is 1060. The third-order valence-electron chi connectivity index (χ3n) is 4.20. The number of nitriles is 1. The van der Waals surface area contributed by atoms with Gasteiger partial charge >= 0.3 is 0 Å². The van der Waals surface area contributed by atoms with E-state index in [1.807, 2.05) is 13.0 Å². The first kappa shape index (κ1) is 20.4. The first-order valence-electron chi connectivity index (χ1n) is 9.11.